The Morgan fingerprint density at radius 3 is 1.07 bits per heavy atom. The Bertz CT molecular complexity index is 5340. The first-order valence-electron chi connectivity index (χ1n) is 42.6. The third-order valence-corrected chi connectivity index (χ3v) is 18.5. The van der Waals surface area contributed by atoms with Gasteiger partial charge in [0.05, 0.1) is 0 Å². The monoisotopic (exact) mass is 1370 g/mol. The molecule has 6 nitrogen and oxygen atoms in total. The van der Waals surface area contributed by atoms with Gasteiger partial charge in [-0.15, -0.1) is 0 Å². The topological polar surface area (TPSA) is 23.3 Å². The molecule has 0 amide bonds. The van der Waals surface area contributed by atoms with Crippen LogP contribution in [-0.4, -0.2) is 0 Å². The smallest absolute Gasteiger partial charge is 0.201 e. The first kappa shape index (κ1) is 59.9. The average Bonchev–Trinajstić information content (AvgIpc) is 0.751. The van der Waals surface area contributed by atoms with Gasteiger partial charge in [-0.3, -0.25) is 0 Å². The van der Waals surface area contributed by atoms with Gasteiger partial charge in [-0.1, -0.05) is 157 Å². The molecule has 0 aliphatic rings. The van der Waals surface area contributed by atoms with Crippen LogP contribution in [-0.2, 0) is 48.7 Å². The second kappa shape index (κ2) is 37.2. The Hall–Kier alpha value is -9.78. The van der Waals surface area contributed by atoms with E-state index in [1.165, 1.54) is 106 Å². The van der Waals surface area contributed by atoms with E-state index in [2.05, 4.69) is 236 Å². The Morgan fingerprint density at radius 2 is 0.667 bits per heavy atom. The number of nitrogens with zero attached hydrogens (tertiary/aromatic N) is 6. The van der Waals surface area contributed by atoms with Gasteiger partial charge in [0.25, 0.3) is 0 Å². The van der Waals surface area contributed by atoms with E-state index < -0.39 is 45.1 Å². The van der Waals surface area contributed by atoms with E-state index in [1.54, 1.807) is 17.8 Å². The Balaban J connectivity index is 0.000000196. The molecule has 12 aromatic rings. The molecule has 0 aliphatic carbocycles. The van der Waals surface area contributed by atoms with Gasteiger partial charge in [0.2, 0.25) is 34.2 Å². The molecule has 0 spiro atoms. The molecule has 6 aromatic carbocycles. The molecule has 3 atom stereocenters. The first-order chi connectivity index (χ1) is 54.3. The zero-order valence-corrected chi connectivity index (χ0v) is 64.5. The van der Waals surface area contributed by atoms with Crippen LogP contribution in [0, 0.1) is 82.0 Å². The van der Waals surface area contributed by atoms with Crippen LogP contribution in [0.1, 0.15) is 177 Å². The molecule has 528 valence electrons. The minimum Gasteiger partial charge on any atom is -0.201 e. The van der Waals surface area contributed by atoms with Crippen LogP contribution in [0.5, 0.6) is 0 Å². The molecule has 0 bridgehead atoms. The van der Waals surface area contributed by atoms with Crippen LogP contribution in [0.4, 0.5) is 0 Å². The van der Waals surface area contributed by atoms with Crippen molar-refractivity contribution in [2.45, 2.75) is 155 Å². The zero-order valence-electron chi connectivity index (χ0n) is 79.5. The van der Waals surface area contributed by atoms with Gasteiger partial charge >= 0.3 is 0 Å². The van der Waals surface area contributed by atoms with Gasteiger partial charge < -0.3 is 0 Å². The van der Waals surface area contributed by atoms with Crippen molar-refractivity contribution in [2.75, 3.05) is 0 Å². The van der Waals surface area contributed by atoms with Crippen molar-refractivity contribution in [1.82, 2.24) is 0 Å². The first-order valence-corrected chi connectivity index (χ1v) is 35.1. The van der Waals surface area contributed by atoms with Crippen LogP contribution in [0.3, 0.4) is 0 Å². The van der Waals surface area contributed by atoms with Crippen LogP contribution in [0.15, 0.2) is 237 Å². The number of aryl methyl sites for hydroxylation is 17. The predicted octanol–water partition coefficient (Wildman–Crippen LogP) is 21.0. The molecule has 0 radical (unpaired) electrons. The molecule has 3 unspecified atom stereocenters. The highest BCUT2D eigenvalue weighted by molar-refractivity contribution is 5.66. The highest BCUT2D eigenvalue weighted by atomic mass is 14.9. The summed E-state index contributed by atoms with van der Waals surface area (Å²) < 4.78 is 129. The van der Waals surface area contributed by atoms with E-state index in [-0.39, 0.29) is 17.5 Å². The maximum absolute atomic E-state index is 8.40. The molecule has 0 fully saturated rings. The highest BCUT2D eigenvalue weighted by Gasteiger charge is 2.21. The summed E-state index contributed by atoms with van der Waals surface area (Å²) in [6.45, 7) is 19.7. The van der Waals surface area contributed by atoms with Crippen LogP contribution < -0.4 is 27.4 Å². The van der Waals surface area contributed by atoms with Crippen molar-refractivity contribution < 1.29 is 48.0 Å². The van der Waals surface area contributed by atoms with E-state index in [0.717, 1.165) is 55.9 Å². The number of hydrogen-bond donors (Lipinski definition) is 0. The number of pyridine rings is 6. The van der Waals surface area contributed by atoms with Gasteiger partial charge in [0.1, 0.15) is 42.3 Å². The third kappa shape index (κ3) is 21.4. The lowest BCUT2D eigenvalue weighted by Gasteiger charge is -2.11. The lowest BCUT2D eigenvalue weighted by molar-refractivity contribution is -0.661. The number of aromatic nitrogens is 6. The molecule has 6 aromatic heterocycles. The Morgan fingerprint density at radius 1 is 0.294 bits per heavy atom. The van der Waals surface area contributed by atoms with Crippen LogP contribution in [0.2, 0.25) is 0 Å². The fraction of sp³-hybridized carbons (Fsp3) is 0.312. The maximum atomic E-state index is 8.40. The van der Waals surface area contributed by atoms with Crippen LogP contribution >= 0.6 is 0 Å². The maximum Gasteiger partial charge on any atom is 0.212 e. The van der Waals surface area contributed by atoms with Crippen molar-refractivity contribution in [1.29, 1.82) is 0 Å². The minimum absolute atomic E-state index is 0.00357. The predicted molar refractivity (Wildman–Crippen MR) is 431 cm³/mol. The van der Waals surface area contributed by atoms with E-state index >= 15 is 0 Å². The largest absolute Gasteiger partial charge is 0.212 e. The van der Waals surface area contributed by atoms with E-state index in [1.807, 2.05) is 124 Å². The van der Waals surface area contributed by atoms with Crippen molar-refractivity contribution in [3.63, 3.8) is 0 Å². The van der Waals surface area contributed by atoms with Crippen molar-refractivity contribution in [2.24, 2.45) is 48.2 Å². The molecular weight excluding hydrogens is 1240 g/mol. The van der Waals surface area contributed by atoms with Crippen LogP contribution in [0.25, 0.3) is 67.5 Å². The van der Waals surface area contributed by atoms with Crippen molar-refractivity contribution in [3.05, 3.63) is 321 Å². The summed E-state index contributed by atoms with van der Waals surface area (Å²) in [5.74, 6) is -4.57. The fourth-order valence-electron chi connectivity index (χ4n) is 12.7. The molecule has 12 rings (SSSR count). The number of rotatable bonds is 11. The summed E-state index contributed by atoms with van der Waals surface area (Å²) >= 11 is 0. The van der Waals surface area contributed by atoms with Crippen molar-refractivity contribution in [3.8, 4) is 67.5 Å². The molecular formula is C96H120N6+6. The van der Waals surface area contributed by atoms with Gasteiger partial charge in [0, 0.05) is 125 Å². The number of benzene rings is 6. The van der Waals surface area contributed by atoms with Crippen molar-refractivity contribution >= 4 is 0 Å². The summed E-state index contributed by atoms with van der Waals surface area (Å²) in [5.41, 5.74) is 28.4. The lowest BCUT2D eigenvalue weighted by Crippen LogP contribution is -2.32. The fourth-order valence-corrected chi connectivity index (χ4v) is 12.7. The summed E-state index contributed by atoms with van der Waals surface area (Å²) in [5, 5.41) is 0. The van der Waals surface area contributed by atoms with Gasteiger partial charge in [-0.25, -0.2) is 27.4 Å². The molecule has 102 heavy (non-hydrogen) atoms. The summed E-state index contributed by atoms with van der Waals surface area (Å²) in [7, 11) is 11.9. The SMILES string of the molecule is Cc1ccc(C)c(-c2cccc[n+]2C)c1.Cc1ccc(C)c(-c2cccc[n+]2C)c1.Cc1ccccc1-c1cc(C)c(C(C)C)c[n+]1C.[2H]C([2H])([2H])C([2H])(C)Cc1ccc(-c2cccc[n+]2C)c(C)c1.[2H]C([2H])([2H])C([2H])(C)c1c[n+](C)c(-c2ccccc2C)cc1C.[2H]C([2H])([2H])c1c[n+](C)c(-c2ccccc2C)cc1C([2H])(C)C([2H])([2H])[2H]. The molecule has 0 aliphatic heterocycles. The zero-order chi connectivity index (χ0) is 87.4. The molecule has 6 heterocycles. The molecule has 0 N–H and O–H groups in total. The van der Waals surface area contributed by atoms with Gasteiger partial charge in [-0.05, 0) is 216 Å². The Labute approximate surface area is 637 Å². The third-order valence-electron chi connectivity index (χ3n) is 18.5. The van der Waals surface area contributed by atoms with E-state index in [0.29, 0.717) is 17.2 Å². The normalized spacial score (nSPS) is 15.2. The van der Waals surface area contributed by atoms with Gasteiger partial charge in [-0.2, -0.15) is 0 Å². The van der Waals surface area contributed by atoms with Gasteiger partial charge in [0.15, 0.2) is 37.2 Å². The average molecular weight is 1370 g/mol. The second-order valence-corrected chi connectivity index (χ2v) is 27.6. The minimum atomic E-state index is -2.66. The van der Waals surface area contributed by atoms with E-state index in [9.17, 15) is 0 Å². The molecule has 0 saturated carbocycles. The summed E-state index contributed by atoms with van der Waals surface area (Å²) in [6, 6.07) is 67.7. The quantitative estimate of drug-likeness (QED) is 0.115. The standard InChI is InChI=1S/4C17H22N.2C14H16N/c1-12(2)16-10-17(18(5)11-14(16)4)15-9-7-6-8-13(15)3;2*1-12(2)16-11-18(5)17(10-14(16)4)15-9-7-6-8-13(15)3;1-13(2)11-15-8-9-16(14(3)12-15)17-7-5-6-10-18(17)4;2*1-11-7-8-12(2)13(10-11)14-6-4-5-9-15(14)3/h3*6-12H,1-5H3;5-10,12-13H,11H2,1-4H3;2*4-10H,1-3H3/q6*+1/i1D3,4D3,12D;1D3,12D;;1D3,13D;;. The number of hydrogen-bond acceptors (Lipinski definition) is 0. The summed E-state index contributed by atoms with van der Waals surface area (Å²) in [4.78, 5) is 0. The molecule has 6 heteroatoms. The highest BCUT2D eigenvalue weighted by Crippen LogP contribution is 2.30. The van der Waals surface area contributed by atoms with E-state index in [4.69, 9.17) is 20.6 Å². The molecule has 0 saturated heterocycles. The second-order valence-electron chi connectivity index (χ2n) is 27.6. The summed E-state index contributed by atoms with van der Waals surface area (Å²) in [6.07, 6.45) is 11.8. The lowest BCUT2D eigenvalue weighted by atomic mass is 9.96. The Kier molecular flexibility index (Phi) is 21.9.